The molecule has 0 spiro atoms. The molecule has 4 rings (SSSR count). The van der Waals surface area contributed by atoms with E-state index in [2.05, 4.69) is 33.7 Å². The molecule has 0 radical (unpaired) electrons. The first-order chi connectivity index (χ1) is 15.7. The van der Waals surface area contributed by atoms with Crippen LogP contribution in [0.25, 0.3) is 0 Å². The molecule has 1 amide bonds. The second-order valence-corrected chi connectivity index (χ2v) is 8.10. The van der Waals surface area contributed by atoms with Crippen LogP contribution in [0.5, 0.6) is 5.75 Å². The predicted octanol–water partition coefficient (Wildman–Crippen LogP) is 5.00. The lowest BCUT2D eigenvalue weighted by Crippen LogP contribution is -2.34. The van der Waals surface area contributed by atoms with Gasteiger partial charge in [0.05, 0.1) is 31.1 Å². The number of benzene rings is 3. The number of anilines is 2. The fourth-order valence-corrected chi connectivity index (χ4v) is 4.22. The predicted molar refractivity (Wildman–Crippen MR) is 130 cm³/mol. The molecular formula is C27H31N3O2. The van der Waals surface area contributed by atoms with Crippen LogP contribution in [0.2, 0.25) is 0 Å². The fourth-order valence-electron chi connectivity index (χ4n) is 4.22. The third-order valence-corrected chi connectivity index (χ3v) is 5.93. The van der Waals surface area contributed by atoms with Crippen LogP contribution >= 0.6 is 0 Å². The molecule has 2 N–H and O–H groups in total. The molecule has 1 aliphatic rings. The fraction of sp³-hybridized carbons (Fsp3) is 0.296. The van der Waals surface area contributed by atoms with E-state index in [9.17, 15) is 4.79 Å². The lowest BCUT2D eigenvalue weighted by Gasteiger charge is -2.30. The Morgan fingerprint density at radius 3 is 2.25 bits per heavy atom. The molecule has 3 aromatic carbocycles. The number of ether oxygens (including phenoxy) is 1. The number of nitrogens with zero attached hydrogens (tertiary/aromatic N) is 1. The molecule has 0 aliphatic carbocycles. The largest absolute Gasteiger partial charge is 0.497 e. The van der Waals surface area contributed by atoms with Gasteiger partial charge in [-0.25, -0.2) is 0 Å². The zero-order valence-electron chi connectivity index (χ0n) is 18.6. The van der Waals surface area contributed by atoms with Gasteiger partial charge in [0.2, 0.25) is 5.91 Å². The van der Waals surface area contributed by atoms with Gasteiger partial charge in [0.1, 0.15) is 5.75 Å². The Morgan fingerprint density at radius 2 is 1.53 bits per heavy atom. The summed E-state index contributed by atoms with van der Waals surface area (Å²) in [6.07, 6.45) is 3.73. The molecule has 0 saturated carbocycles. The van der Waals surface area contributed by atoms with Crippen molar-refractivity contribution in [2.45, 2.75) is 25.3 Å². The lowest BCUT2D eigenvalue weighted by atomic mass is 9.98. The number of para-hydroxylation sites is 2. The summed E-state index contributed by atoms with van der Waals surface area (Å²) < 4.78 is 5.28. The van der Waals surface area contributed by atoms with Gasteiger partial charge in [-0.2, -0.15) is 0 Å². The molecule has 166 valence electrons. The average molecular weight is 430 g/mol. The molecule has 5 nitrogen and oxygen atoms in total. The van der Waals surface area contributed by atoms with Gasteiger partial charge in [-0.15, -0.1) is 0 Å². The second kappa shape index (κ2) is 10.7. The number of methoxy groups -OCH3 is 1. The standard InChI is InChI=1S/C27H31N3O2/c1-32-23-16-14-22(15-17-23)27(21-10-4-2-5-11-21)29-26(31)20-28-24-12-6-7-13-25(24)30-18-8-3-9-19-30/h2,4-7,10-17,27-28H,3,8-9,18-20H2,1H3,(H,29,31). The van der Waals surface area contributed by atoms with Crippen LogP contribution in [0.4, 0.5) is 11.4 Å². The van der Waals surface area contributed by atoms with Crippen molar-refractivity contribution in [2.75, 3.05) is 37.0 Å². The maximum atomic E-state index is 13.0. The van der Waals surface area contributed by atoms with Gasteiger partial charge in [0.25, 0.3) is 0 Å². The van der Waals surface area contributed by atoms with Gasteiger partial charge in [0.15, 0.2) is 0 Å². The summed E-state index contributed by atoms with van der Waals surface area (Å²) >= 11 is 0. The highest BCUT2D eigenvalue weighted by atomic mass is 16.5. The molecule has 0 bridgehead atoms. The highest BCUT2D eigenvalue weighted by Crippen LogP contribution is 2.28. The second-order valence-electron chi connectivity index (χ2n) is 8.10. The number of carbonyl (C=O) groups is 1. The van der Waals surface area contributed by atoms with E-state index in [-0.39, 0.29) is 18.5 Å². The molecule has 32 heavy (non-hydrogen) atoms. The highest BCUT2D eigenvalue weighted by Gasteiger charge is 2.18. The first-order valence-electron chi connectivity index (χ1n) is 11.3. The van der Waals surface area contributed by atoms with E-state index in [1.54, 1.807) is 7.11 Å². The first-order valence-corrected chi connectivity index (χ1v) is 11.3. The van der Waals surface area contributed by atoms with Crippen molar-refractivity contribution in [1.29, 1.82) is 0 Å². The van der Waals surface area contributed by atoms with E-state index >= 15 is 0 Å². The molecule has 1 unspecified atom stereocenters. The van der Waals surface area contributed by atoms with E-state index in [0.29, 0.717) is 0 Å². The average Bonchev–Trinajstić information content (AvgIpc) is 2.87. The Labute approximate surface area is 190 Å². The van der Waals surface area contributed by atoms with E-state index < -0.39 is 0 Å². The number of carbonyl (C=O) groups excluding carboxylic acids is 1. The van der Waals surface area contributed by atoms with E-state index in [1.165, 1.54) is 24.9 Å². The minimum absolute atomic E-state index is 0.0527. The van der Waals surface area contributed by atoms with E-state index in [0.717, 1.165) is 35.7 Å². The van der Waals surface area contributed by atoms with Crippen LogP contribution in [0, 0.1) is 0 Å². The zero-order chi connectivity index (χ0) is 22.2. The SMILES string of the molecule is COc1ccc(C(NC(=O)CNc2ccccc2N2CCCCC2)c2ccccc2)cc1. The van der Waals surface area contributed by atoms with Crippen LogP contribution in [-0.4, -0.2) is 32.7 Å². The molecule has 3 aromatic rings. The summed E-state index contributed by atoms with van der Waals surface area (Å²) in [7, 11) is 1.65. The van der Waals surface area contributed by atoms with Crippen LogP contribution in [-0.2, 0) is 4.79 Å². The normalized spacial score (nSPS) is 14.5. The number of amides is 1. The van der Waals surface area contributed by atoms with Crippen molar-refractivity contribution in [3.63, 3.8) is 0 Å². The summed E-state index contributed by atoms with van der Waals surface area (Å²) in [6.45, 7) is 2.35. The Morgan fingerprint density at radius 1 is 0.875 bits per heavy atom. The van der Waals surface area contributed by atoms with Crippen molar-refractivity contribution in [3.8, 4) is 5.75 Å². The maximum absolute atomic E-state index is 13.0. The number of hydrogen-bond donors (Lipinski definition) is 2. The topological polar surface area (TPSA) is 53.6 Å². The minimum Gasteiger partial charge on any atom is -0.497 e. The van der Waals surface area contributed by atoms with Crippen LogP contribution in [0.3, 0.4) is 0 Å². The molecule has 0 aromatic heterocycles. The molecule has 1 atom stereocenters. The van der Waals surface area contributed by atoms with Crippen LogP contribution in [0.1, 0.15) is 36.4 Å². The monoisotopic (exact) mass is 429 g/mol. The van der Waals surface area contributed by atoms with Crippen molar-refractivity contribution >= 4 is 17.3 Å². The van der Waals surface area contributed by atoms with E-state index in [4.69, 9.17) is 4.74 Å². The zero-order valence-corrected chi connectivity index (χ0v) is 18.6. The van der Waals surface area contributed by atoms with Crippen molar-refractivity contribution in [3.05, 3.63) is 90.0 Å². The Balaban J connectivity index is 1.46. The van der Waals surface area contributed by atoms with Gasteiger partial charge in [0, 0.05) is 13.1 Å². The summed E-state index contributed by atoms with van der Waals surface area (Å²) in [4.78, 5) is 15.4. The Bertz CT molecular complexity index is 999. The third kappa shape index (κ3) is 5.41. The van der Waals surface area contributed by atoms with Crippen molar-refractivity contribution in [2.24, 2.45) is 0 Å². The maximum Gasteiger partial charge on any atom is 0.240 e. The molecule has 1 aliphatic heterocycles. The Hall–Kier alpha value is -3.47. The van der Waals surface area contributed by atoms with Gasteiger partial charge in [-0.05, 0) is 54.7 Å². The smallest absolute Gasteiger partial charge is 0.240 e. The lowest BCUT2D eigenvalue weighted by molar-refractivity contribution is -0.119. The van der Waals surface area contributed by atoms with Crippen LogP contribution in [0.15, 0.2) is 78.9 Å². The number of rotatable bonds is 8. The summed E-state index contributed by atoms with van der Waals surface area (Å²) in [5, 5.41) is 6.56. The van der Waals surface area contributed by atoms with Gasteiger partial charge in [-0.3, -0.25) is 4.79 Å². The van der Waals surface area contributed by atoms with Crippen molar-refractivity contribution < 1.29 is 9.53 Å². The summed E-state index contributed by atoms with van der Waals surface area (Å²) in [5.41, 5.74) is 4.24. The number of piperidine rings is 1. The van der Waals surface area contributed by atoms with Gasteiger partial charge in [-0.1, -0.05) is 54.6 Å². The molecule has 1 fully saturated rings. The van der Waals surface area contributed by atoms with Gasteiger partial charge >= 0.3 is 0 Å². The van der Waals surface area contributed by atoms with E-state index in [1.807, 2.05) is 60.7 Å². The summed E-state index contributed by atoms with van der Waals surface area (Å²) in [6, 6.07) is 25.9. The molecule has 5 heteroatoms. The minimum atomic E-state index is -0.228. The van der Waals surface area contributed by atoms with Crippen molar-refractivity contribution in [1.82, 2.24) is 5.32 Å². The first kappa shape index (κ1) is 21.8. The number of nitrogens with one attached hydrogen (secondary N) is 2. The van der Waals surface area contributed by atoms with Gasteiger partial charge < -0.3 is 20.3 Å². The quantitative estimate of drug-likeness (QED) is 0.529. The molecule has 1 heterocycles. The molecule has 1 saturated heterocycles. The molecular weight excluding hydrogens is 398 g/mol. The van der Waals surface area contributed by atoms with Crippen LogP contribution < -0.4 is 20.3 Å². The summed E-state index contributed by atoms with van der Waals surface area (Å²) in [5.74, 6) is 0.742. The highest BCUT2D eigenvalue weighted by molar-refractivity contribution is 5.83. The third-order valence-electron chi connectivity index (χ3n) is 5.93. The number of hydrogen-bond acceptors (Lipinski definition) is 4. The Kier molecular flexibility index (Phi) is 7.28.